The van der Waals surface area contributed by atoms with Gasteiger partial charge in [-0.1, -0.05) is 36.4 Å². The van der Waals surface area contributed by atoms with Crippen LogP contribution in [0, 0.1) is 0 Å². The van der Waals surface area contributed by atoms with Gasteiger partial charge in [-0.3, -0.25) is 9.59 Å². The molecule has 0 heterocycles. The van der Waals surface area contributed by atoms with Crippen molar-refractivity contribution in [2.45, 2.75) is 12.8 Å². The number of benzene rings is 2. The van der Waals surface area contributed by atoms with Crippen LogP contribution in [-0.4, -0.2) is 42.1 Å². The molecule has 0 radical (unpaired) electrons. The zero-order chi connectivity index (χ0) is 15.9. The maximum Gasteiger partial charge on any atom is 0.323 e. The second kappa shape index (κ2) is 7.45. The number of ether oxygens (including phenoxy) is 1. The monoisotopic (exact) mass is 301 g/mol. The van der Waals surface area contributed by atoms with Crippen molar-refractivity contribution < 1.29 is 19.4 Å². The third kappa shape index (κ3) is 4.22. The minimum Gasteiger partial charge on any atom is -0.493 e. The number of fused-ring (bicyclic) bond motifs is 1. The van der Waals surface area contributed by atoms with Gasteiger partial charge in [0.15, 0.2) is 0 Å². The molecule has 2 aromatic rings. The normalized spacial score (nSPS) is 10.4. The van der Waals surface area contributed by atoms with Gasteiger partial charge in [0.1, 0.15) is 12.3 Å². The first-order valence-corrected chi connectivity index (χ1v) is 7.14. The molecule has 5 nitrogen and oxygen atoms in total. The summed E-state index contributed by atoms with van der Waals surface area (Å²) >= 11 is 0. The van der Waals surface area contributed by atoms with Crippen LogP contribution < -0.4 is 4.74 Å². The number of carboxylic acids is 1. The first kappa shape index (κ1) is 15.8. The van der Waals surface area contributed by atoms with Crippen molar-refractivity contribution in [2.24, 2.45) is 0 Å². The van der Waals surface area contributed by atoms with E-state index < -0.39 is 5.97 Å². The lowest BCUT2D eigenvalue weighted by molar-refractivity contribution is -0.143. The molecule has 0 unspecified atom stereocenters. The Morgan fingerprint density at radius 2 is 1.86 bits per heavy atom. The van der Waals surface area contributed by atoms with Gasteiger partial charge in [0.05, 0.1) is 6.61 Å². The highest BCUT2D eigenvalue weighted by Crippen LogP contribution is 2.25. The summed E-state index contributed by atoms with van der Waals surface area (Å²) in [5.41, 5.74) is 0. The Kier molecular flexibility index (Phi) is 5.36. The Bertz CT molecular complexity index is 663. The highest BCUT2D eigenvalue weighted by Gasteiger charge is 2.11. The molecular weight excluding hydrogens is 282 g/mol. The highest BCUT2D eigenvalue weighted by atomic mass is 16.5. The molecule has 2 aromatic carbocycles. The van der Waals surface area contributed by atoms with E-state index in [1.807, 2.05) is 42.5 Å². The minimum atomic E-state index is -1.01. The first-order chi connectivity index (χ1) is 10.6. The zero-order valence-corrected chi connectivity index (χ0v) is 12.5. The fraction of sp³-hybridized carbons (Fsp3) is 0.294. The van der Waals surface area contributed by atoms with Crippen LogP contribution in [0.2, 0.25) is 0 Å². The summed E-state index contributed by atoms with van der Waals surface area (Å²) in [6, 6.07) is 13.8. The number of likely N-dealkylation sites (N-methyl/N-ethyl adjacent to an activating group) is 1. The number of amides is 1. The number of carbonyl (C=O) groups is 2. The van der Waals surface area contributed by atoms with Crippen molar-refractivity contribution in [1.82, 2.24) is 4.90 Å². The van der Waals surface area contributed by atoms with Crippen molar-refractivity contribution in [3.05, 3.63) is 42.5 Å². The second-order valence-corrected chi connectivity index (χ2v) is 5.07. The third-order valence-electron chi connectivity index (χ3n) is 3.34. The van der Waals surface area contributed by atoms with Crippen LogP contribution in [0.4, 0.5) is 0 Å². The summed E-state index contributed by atoms with van der Waals surface area (Å²) in [6.45, 7) is 0.143. The molecule has 0 saturated heterocycles. The van der Waals surface area contributed by atoms with E-state index >= 15 is 0 Å². The van der Waals surface area contributed by atoms with Gasteiger partial charge in [-0.05, 0) is 17.9 Å². The number of carbonyl (C=O) groups excluding carboxylic acids is 1. The Morgan fingerprint density at radius 3 is 2.64 bits per heavy atom. The largest absolute Gasteiger partial charge is 0.493 e. The fourth-order valence-electron chi connectivity index (χ4n) is 2.21. The number of carboxylic acid groups (broad SMARTS) is 1. The van der Waals surface area contributed by atoms with Gasteiger partial charge < -0.3 is 14.7 Å². The Balaban J connectivity index is 1.83. The van der Waals surface area contributed by atoms with Crippen molar-refractivity contribution >= 4 is 22.6 Å². The average Bonchev–Trinajstić information content (AvgIpc) is 2.50. The molecule has 0 fully saturated rings. The lowest BCUT2D eigenvalue weighted by Gasteiger charge is -2.14. The van der Waals surface area contributed by atoms with E-state index in [4.69, 9.17) is 9.84 Å². The van der Waals surface area contributed by atoms with Crippen LogP contribution in [0.5, 0.6) is 5.75 Å². The number of nitrogens with zero attached hydrogens (tertiary/aromatic N) is 1. The lowest BCUT2D eigenvalue weighted by Crippen LogP contribution is -2.31. The SMILES string of the molecule is CN(CC(=O)O)C(=O)CCCOc1cccc2ccccc12. The van der Waals surface area contributed by atoms with Crippen LogP contribution >= 0.6 is 0 Å². The molecule has 0 bridgehead atoms. The van der Waals surface area contributed by atoms with Gasteiger partial charge in [-0.2, -0.15) is 0 Å². The van der Waals surface area contributed by atoms with E-state index in [1.165, 1.54) is 11.9 Å². The zero-order valence-electron chi connectivity index (χ0n) is 12.5. The van der Waals surface area contributed by atoms with Crippen molar-refractivity contribution in [3.8, 4) is 5.75 Å². The van der Waals surface area contributed by atoms with Gasteiger partial charge in [-0.15, -0.1) is 0 Å². The maximum atomic E-state index is 11.7. The van der Waals surface area contributed by atoms with E-state index in [1.54, 1.807) is 0 Å². The van der Waals surface area contributed by atoms with Crippen LogP contribution in [0.25, 0.3) is 10.8 Å². The van der Waals surface area contributed by atoms with Crippen LogP contribution in [0.15, 0.2) is 42.5 Å². The van der Waals surface area contributed by atoms with Crippen LogP contribution in [0.1, 0.15) is 12.8 Å². The lowest BCUT2D eigenvalue weighted by atomic mass is 10.1. The summed E-state index contributed by atoms with van der Waals surface area (Å²) in [5.74, 6) is -0.406. The number of hydrogen-bond acceptors (Lipinski definition) is 3. The Labute approximate surface area is 129 Å². The molecule has 0 aromatic heterocycles. The quantitative estimate of drug-likeness (QED) is 0.798. The number of rotatable bonds is 7. The van der Waals surface area contributed by atoms with Crippen LogP contribution in [0.3, 0.4) is 0 Å². The Hall–Kier alpha value is -2.56. The van der Waals surface area contributed by atoms with Gasteiger partial charge in [-0.25, -0.2) is 0 Å². The summed E-state index contributed by atoms with van der Waals surface area (Å²) in [7, 11) is 1.49. The second-order valence-electron chi connectivity index (χ2n) is 5.07. The molecule has 0 spiro atoms. The maximum absolute atomic E-state index is 11.7. The molecule has 0 saturated carbocycles. The van der Waals surface area contributed by atoms with Crippen LogP contribution in [-0.2, 0) is 9.59 Å². The Morgan fingerprint density at radius 1 is 1.14 bits per heavy atom. The van der Waals surface area contributed by atoms with E-state index in [9.17, 15) is 9.59 Å². The predicted molar refractivity (Wildman–Crippen MR) is 83.9 cm³/mol. The van der Waals surface area contributed by atoms with E-state index in [2.05, 4.69) is 0 Å². The molecule has 0 aliphatic carbocycles. The van der Waals surface area contributed by atoms with Crippen molar-refractivity contribution in [2.75, 3.05) is 20.2 Å². The van der Waals surface area contributed by atoms with Gasteiger partial charge in [0.2, 0.25) is 5.91 Å². The smallest absolute Gasteiger partial charge is 0.323 e. The fourth-order valence-corrected chi connectivity index (χ4v) is 2.21. The molecular formula is C17H19NO4. The molecule has 0 aliphatic heterocycles. The molecule has 1 amide bonds. The molecule has 5 heteroatoms. The molecule has 0 atom stereocenters. The minimum absolute atomic E-state index is 0.191. The number of aliphatic carboxylic acids is 1. The highest BCUT2D eigenvalue weighted by molar-refractivity contribution is 5.88. The summed E-state index contributed by atoms with van der Waals surface area (Å²) in [4.78, 5) is 23.5. The van der Waals surface area contributed by atoms with Crippen molar-refractivity contribution in [3.63, 3.8) is 0 Å². The standard InChI is InChI=1S/C17H19NO4/c1-18(12-17(20)21)16(19)10-5-11-22-15-9-4-7-13-6-2-3-8-14(13)15/h2-4,6-9H,5,10-12H2,1H3,(H,20,21). The molecule has 116 valence electrons. The molecule has 22 heavy (non-hydrogen) atoms. The summed E-state index contributed by atoms with van der Waals surface area (Å²) < 4.78 is 5.74. The van der Waals surface area contributed by atoms with Crippen molar-refractivity contribution in [1.29, 1.82) is 0 Å². The summed E-state index contributed by atoms with van der Waals surface area (Å²) in [5, 5.41) is 10.8. The van der Waals surface area contributed by atoms with Gasteiger partial charge in [0, 0.05) is 18.9 Å². The predicted octanol–water partition coefficient (Wildman–Crippen LogP) is 2.54. The molecule has 0 aliphatic rings. The van der Waals surface area contributed by atoms with Gasteiger partial charge >= 0.3 is 5.97 Å². The van der Waals surface area contributed by atoms with Gasteiger partial charge in [0.25, 0.3) is 0 Å². The van der Waals surface area contributed by atoms with E-state index in [-0.39, 0.29) is 18.9 Å². The third-order valence-corrected chi connectivity index (χ3v) is 3.34. The molecule has 1 N–H and O–H groups in total. The molecule has 2 rings (SSSR count). The first-order valence-electron chi connectivity index (χ1n) is 7.14. The summed E-state index contributed by atoms with van der Waals surface area (Å²) in [6.07, 6.45) is 0.820. The average molecular weight is 301 g/mol. The topological polar surface area (TPSA) is 66.8 Å². The van der Waals surface area contributed by atoms with E-state index in [0.717, 1.165) is 16.5 Å². The van der Waals surface area contributed by atoms with E-state index in [0.29, 0.717) is 13.0 Å². The number of hydrogen-bond donors (Lipinski definition) is 1.